The zero-order valence-corrected chi connectivity index (χ0v) is 11.9. The zero-order valence-electron chi connectivity index (χ0n) is 11.1. The summed E-state index contributed by atoms with van der Waals surface area (Å²) in [5, 5.41) is 1.43. The van der Waals surface area contributed by atoms with Crippen molar-refractivity contribution < 1.29 is 0 Å². The monoisotopic (exact) mass is 283 g/mol. The number of hydrogen-bond donors (Lipinski definition) is 0. The summed E-state index contributed by atoms with van der Waals surface area (Å²) in [6.07, 6.45) is 0. The van der Waals surface area contributed by atoms with Crippen molar-refractivity contribution in [2.24, 2.45) is 0 Å². The third-order valence-electron chi connectivity index (χ3n) is 3.40. The number of aryl methyl sites for hydroxylation is 1. The SMILES string of the molecule is Cc1ccc2c(c1)c(Cl)cc(=O)n2Cc1ccccc1. The van der Waals surface area contributed by atoms with Crippen LogP contribution in [0.15, 0.2) is 59.4 Å². The molecule has 2 nitrogen and oxygen atoms in total. The van der Waals surface area contributed by atoms with Crippen molar-refractivity contribution in [3.05, 3.63) is 81.1 Å². The third-order valence-corrected chi connectivity index (χ3v) is 3.71. The molecule has 0 bridgehead atoms. The number of halogens is 1. The van der Waals surface area contributed by atoms with Crippen molar-refractivity contribution in [1.82, 2.24) is 4.57 Å². The molecule has 0 radical (unpaired) electrons. The molecule has 0 saturated carbocycles. The lowest BCUT2D eigenvalue weighted by atomic mass is 10.1. The maximum absolute atomic E-state index is 12.2. The molecule has 0 atom stereocenters. The van der Waals surface area contributed by atoms with E-state index in [-0.39, 0.29) is 5.56 Å². The second-order valence-corrected chi connectivity index (χ2v) is 5.33. The first-order valence-electron chi connectivity index (χ1n) is 6.49. The van der Waals surface area contributed by atoms with Crippen LogP contribution in [0.5, 0.6) is 0 Å². The van der Waals surface area contributed by atoms with E-state index in [4.69, 9.17) is 11.6 Å². The van der Waals surface area contributed by atoms with E-state index in [1.54, 1.807) is 4.57 Å². The van der Waals surface area contributed by atoms with Crippen LogP contribution in [0.3, 0.4) is 0 Å². The molecule has 1 aromatic heterocycles. The fraction of sp³-hybridized carbons (Fsp3) is 0.118. The van der Waals surface area contributed by atoms with Crippen LogP contribution in [0.25, 0.3) is 10.9 Å². The molecule has 0 aliphatic rings. The lowest BCUT2D eigenvalue weighted by molar-refractivity contribution is 0.795. The summed E-state index contributed by atoms with van der Waals surface area (Å²) in [6, 6.07) is 17.4. The molecule has 0 aliphatic heterocycles. The van der Waals surface area contributed by atoms with Gasteiger partial charge in [0.25, 0.3) is 5.56 Å². The summed E-state index contributed by atoms with van der Waals surface area (Å²) in [4.78, 5) is 12.2. The fourth-order valence-electron chi connectivity index (χ4n) is 2.39. The molecular weight excluding hydrogens is 270 g/mol. The Morgan fingerprint density at radius 2 is 1.80 bits per heavy atom. The van der Waals surface area contributed by atoms with Crippen molar-refractivity contribution >= 4 is 22.5 Å². The molecule has 0 fully saturated rings. The second kappa shape index (κ2) is 5.14. The molecule has 0 amide bonds. The molecule has 0 unspecified atom stereocenters. The number of pyridine rings is 1. The van der Waals surface area contributed by atoms with Gasteiger partial charge in [0.1, 0.15) is 0 Å². The molecule has 0 spiro atoms. The van der Waals surface area contributed by atoms with E-state index in [0.717, 1.165) is 22.0 Å². The Balaban J connectivity index is 2.22. The summed E-state index contributed by atoms with van der Waals surface area (Å²) < 4.78 is 1.76. The van der Waals surface area contributed by atoms with Crippen LogP contribution >= 0.6 is 11.6 Å². The minimum atomic E-state index is -0.0739. The Morgan fingerprint density at radius 1 is 1.05 bits per heavy atom. The van der Waals surface area contributed by atoms with Crippen molar-refractivity contribution in [2.75, 3.05) is 0 Å². The highest BCUT2D eigenvalue weighted by Gasteiger charge is 2.08. The number of aromatic nitrogens is 1. The van der Waals surface area contributed by atoms with Crippen molar-refractivity contribution in [1.29, 1.82) is 0 Å². The predicted molar refractivity (Wildman–Crippen MR) is 83.5 cm³/mol. The van der Waals surface area contributed by atoms with Gasteiger partial charge in [-0.25, -0.2) is 0 Å². The lowest BCUT2D eigenvalue weighted by Gasteiger charge is -2.12. The van der Waals surface area contributed by atoms with Crippen LogP contribution in [0, 0.1) is 6.92 Å². The standard InChI is InChI=1S/C17H14ClNO/c1-12-7-8-16-14(9-12)15(18)10-17(20)19(16)11-13-5-3-2-4-6-13/h2-10H,11H2,1H3. The van der Waals surface area contributed by atoms with Gasteiger partial charge < -0.3 is 4.57 Å². The molecule has 0 aliphatic carbocycles. The van der Waals surface area contributed by atoms with E-state index in [0.29, 0.717) is 11.6 Å². The highest BCUT2D eigenvalue weighted by atomic mass is 35.5. The molecule has 3 rings (SSSR count). The van der Waals surface area contributed by atoms with Gasteiger partial charge in [-0.2, -0.15) is 0 Å². The number of rotatable bonds is 2. The van der Waals surface area contributed by atoms with E-state index in [1.165, 1.54) is 6.07 Å². The Morgan fingerprint density at radius 3 is 2.55 bits per heavy atom. The molecule has 3 aromatic rings. The topological polar surface area (TPSA) is 22.0 Å². The van der Waals surface area contributed by atoms with Crippen LogP contribution in [0.1, 0.15) is 11.1 Å². The number of nitrogens with zero attached hydrogens (tertiary/aromatic N) is 1. The van der Waals surface area contributed by atoms with Gasteiger partial charge in [0.15, 0.2) is 0 Å². The van der Waals surface area contributed by atoms with Crippen molar-refractivity contribution in [2.45, 2.75) is 13.5 Å². The Labute approximate surface area is 122 Å². The van der Waals surface area contributed by atoms with Gasteiger partial charge in [-0.1, -0.05) is 53.6 Å². The summed E-state index contributed by atoms with van der Waals surface area (Å²) in [5.41, 5.74) is 3.02. The fourth-order valence-corrected chi connectivity index (χ4v) is 2.63. The molecule has 100 valence electrons. The van der Waals surface area contributed by atoms with E-state index in [1.807, 2.05) is 55.5 Å². The minimum Gasteiger partial charge on any atom is -0.304 e. The molecule has 0 saturated heterocycles. The van der Waals surface area contributed by atoms with Gasteiger partial charge in [-0.3, -0.25) is 4.79 Å². The molecule has 0 N–H and O–H groups in total. The van der Waals surface area contributed by atoms with E-state index in [9.17, 15) is 4.79 Å². The zero-order chi connectivity index (χ0) is 14.1. The van der Waals surface area contributed by atoms with Crippen LogP contribution in [-0.4, -0.2) is 4.57 Å². The van der Waals surface area contributed by atoms with Crippen LogP contribution in [0.4, 0.5) is 0 Å². The number of hydrogen-bond acceptors (Lipinski definition) is 1. The minimum absolute atomic E-state index is 0.0739. The Kier molecular flexibility index (Phi) is 3.33. The van der Waals surface area contributed by atoms with Crippen molar-refractivity contribution in [3.8, 4) is 0 Å². The van der Waals surface area contributed by atoms with E-state index >= 15 is 0 Å². The first kappa shape index (κ1) is 12.9. The van der Waals surface area contributed by atoms with Crippen LogP contribution in [0.2, 0.25) is 5.02 Å². The summed E-state index contributed by atoms with van der Waals surface area (Å²) >= 11 is 6.20. The predicted octanol–water partition coefficient (Wildman–Crippen LogP) is 4.01. The second-order valence-electron chi connectivity index (χ2n) is 4.92. The number of fused-ring (bicyclic) bond motifs is 1. The summed E-state index contributed by atoms with van der Waals surface area (Å²) in [7, 11) is 0. The van der Waals surface area contributed by atoms with Crippen LogP contribution < -0.4 is 5.56 Å². The highest BCUT2D eigenvalue weighted by molar-refractivity contribution is 6.35. The smallest absolute Gasteiger partial charge is 0.252 e. The Hall–Kier alpha value is -2.06. The van der Waals surface area contributed by atoms with Gasteiger partial charge in [-0.15, -0.1) is 0 Å². The average molecular weight is 284 g/mol. The third kappa shape index (κ3) is 2.35. The molecule has 20 heavy (non-hydrogen) atoms. The first-order valence-corrected chi connectivity index (χ1v) is 6.86. The maximum atomic E-state index is 12.2. The molecule has 2 aromatic carbocycles. The lowest BCUT2D eigenvalue weighted by Crippen LogP contribution is -2.20. The molecule has 3 heteroatoms. The van der Waals surface area contributed by atoms with Gasteiger partial charge in [-0.05, 0) is 24.6 Å². The van der Waals surface area contributed by atoms with Crippen molar-refractivity contribution in [3.63, 3.8) is 0 Å². The molecular formula is C17H14ClNO. The van der Waals surface area contributed by atoms with Gasteiger partial charge in [0.2, 0.25) is 0 Å². The summed E-state index contributed by atoms with van der Waals surface area (Å²) in [6.45, 7) is 2.57. The summed E-state index contributed by atoms with van der Waals surface area (Å²) in [5.74, 6) is 0. The largest absolute Gasteiger partial charge is 0.304 e. The van der Waals surface area contributed by atoms with Gasteiger partial charge in [0, 0.05) is 11.5 Å². The first-order chi connectivity index (χ1) is 9.65. The maximum Gasteiger partial charge on any atom is 0.252 e. The quantitative estimate of drug-likeness (QED) is 0.696. The van der Waals surface area contributed by atoms with Crippen LogP contribution in [-0.2, 0) is 6.54 Å². The normalized spacial score (nSPS) is 10.9. The molecule has 1 heterocycles. The Bertz CT molecular complexity index is 822. The highest BCUT2D eigenvalue weighted by Crippen LogP contribution is 2.23. The average Bonchev–Trinajstić information content (AvgIpc) is 2.45. The van der Waals surface area contributed by atoms with E-state index in [2.05, 4.69) is 0 Å². The number of benzene rings is 2. The van der Waals surface area contributed by atoms with Gasteiger partial charge in [0.05, 0.1) is 17.1 Å². The van der Waals surface area contributed by atoms with Gasteiger partial charge >= 0.3 is 0 Å². The van der Waals surface area contributed by atoms with E-state index < -0.39 is 0 Å².